The molecule has 1 amide bonds. The van der Waals surface area contributed by atoms with Gasteiger partial charge in [-0.3, -0.25) is 15.0 Å². The van der Waals surface area contributed by atoms with Crippen LogP contribution in [0.25, 0.3) is 0 Å². The number of piperidine rings is 1. The van der Waals surface area contributed by atoms with E-state index >= 15 is 0 Å². The molecule has 1 unspecified atom stereocenters. The van der Waals surface area contributed by atoms with Gasteiger partial charge in [0.2, 0.25) is 0 Å². The van der Waals surface area contributed by atoms with Crippen LogP contribution in [0.3, 0.4) is 0 Å². The van der Waals surface area contributed by atoms with E-state index in [9.17, 15) is 4.79 Å². The van der Waals surface area contributed by atoms with Gasteiger partial charge < -0.3 is 14.5 Å². The van der Waals surface area contributed by atoms with Crippen molar-refractivity contribution >= 4 is 34.2 Å². The van der Waals surface area contributed by atoms with Crippen molar-refractivity contribution in [1.82, 2.24) is 15.1 Å². The normalized spacial score (nSPS) is 19.6. The molecule has 172 valence electrons. The summed E-state index contributed by atoms with van der Waals surface area (Å²) in [5.41, 5.74) is 1.94. The van der Waals surface area contributed by atoms with Crippen LogP contribution in [-0.2, 0) is 0 Å². The van der Waals surface area contributed by atoms with E-state index in [0.717, 1.165) is 72.8 Å². The largest absolute Gasteiger partial charge is 0.495 e. The Morgan fingerprint density at radius 2 is 1.84 bits per heavy atom. The Hall–Kier alpha value is -1.84. The summed E-state index contributed by atoms with van der Waals surface area (Å²) in [6, 6.07) is 16.1. The molecule has 2 saturated heterocycles. The predicted molar refractivity (Wildman–Crippen MR) is 137 cm³/mol. The van der Waals surface area contributed by atoms with E-state index in [1.807, 2.05) is 36.4 Å². The van der Waals surface area contributed by atoms with Gasteiger partial charge in [0, 0.05) is 48.4 Å². The molecule has 0 radical (unpaired) electrons. The van der Waals surface area contributed by atoms with Crippen LogP contribution in [0.2, 0.25) is 0 Å². The third kappa shape index (κ3) is 5.74. The molecule has 0 saturated carbocycles. The van der Waals surface area contributed by atoms with Crippen molar-refractivity contribution in [2.75, 3.05) is 57.8 Å². The third-order valence-electron chi connectivity index (χ3n) is 6.47. The molecular formula is C25H33IN4O2. The van der Waals surface area contributed by atoms with Crippen LogP contribution in [0.15, 0.2) is 48.5 Å². The van der Waals surface area contributed by atoms with Gasteiger partial charge in [0.15, 0.2) is 0 Å². The van der Waals surface area contributed by atoms with Crippen LogP contribution in [-0.4, -0.2) is 74.8 Å². The zero-order chi connectivity index (χ0) is 22.3. The number of benzene rings is 2. The first-order chi connectivity index (χ1) is 15.7. The van der Waals surface area contributed by atoms with Gasteiger partial charge in [-0.1, -0.05) is 12.1 Å². The SMILES string of the molecule is COc1ccccc1N1CCN(CCN(C(=O)c2ccc(I)cc2)C2CCCCN2)CC1. The van der Waals surface area contributed by atoms with Crippen LogP contribution in [0, 0.1) is 3.57 Å². The van der Waals surface area contributed by atoms with Crippen molar-refractivity contribution in [1.29, 1.82) is 0 Å². The summed E-state index contributed by atoms with van der Waals surface area (Å²) in [6.07, 6.45) is 3.52. The topological polar surface area (TPSA) is 48.1 Å². The molecule has 2 aromatic carbocycles. The molecule has 32 heavy (non-hydrogen) atoms. The molecule has 1 atom stereocenters. The number of piperazine rings is 1. The number of nitrogens with one attached hydrogen (secondary N) is 1. The number of hydrogen-bond donors (Lipinski definition) is 1. The molecule has 2 aromatic rings. The number of para-hydroxylation sites is 2. The molecule has 0 aromatic heterocycles. The average Bonchev–Trinajstić information content (AvgIpc) is 2.85. The summed E-state index contributed by atoms with van der Waals surface area (Å²) in [5.74, 6) is 1.06. The molecule has 0 spiro atoms. The maximum atomic E-state index is 13.4. The van der Waals surface area contributed by atoms with Gasteiger partial charge in [0.1, 0.15) is 5.75 Å². The molecule has 4 rings (SSSR count). The Morgan fingerprint density at radius 3 is 2.53 bits per heavy atom. The molecule has 2 aliphatic heterocycles. The number of carbonyl (C=O) groups is 1. The van der Waals surface area contributed by atoms with E-state index in [1.54, 1.807) is 7.11 Å². The smallest absolute Gasteiger partial charge is 0.255 e. The van der Waals surface area contributed by atoms with Gasteiger partial charge in [-0.15, -0.1) is 0 Å². The highest BCUT2D eigenvalue weighted by Crippen LogP contribution is 2.28. The average molecular weight is 548 g/mol. The predicted octanol–water partition coefficient (Wildman–Crippen LogP) is 3.66. The third-order valence-corrected chi connectivity index (χ3v) is 7.19. The first kappa shape index (κ1) is 23.3. The number of nitrogens with zero attached hydrogens (tertiary/aromatic N) is 3. The Morgan fingerprint density at radius 1 is 1.09 bits per heavy atom. The lowest BCUT2D eigenvalue weighted by atomic mass is 10.1. The summed E-state index contributed by atoms with van der Waals surface area (Å²) in [6.45, 7) is 6.54. The van der Waals surface area contributed by atoms with Crippen molar-refractivity contribution in [3.63, 3.8) is 0 Å². The Balaban J connectivity index is 1.37. The standard InChI is InChI=1S/C25H33IN4O2/c1-32-23-7-3-2-6-22(23)29-17-14-28(15-18-29)16-19-30(24-8-4-5-13-27-24)25(31)20-9-11-21(26)12-10-20/h2-3,6-7,9-12,24,27H,4-5,8,13-19H2,1H3. The summed E-state index contributed by atoms with van der Waals surface area (Å²) in [4.78, 5) is 20.3. The molecule has 1 N–H and O–H groups in total. The molecule has 6 nitrogen and oxygen atoms in total. The van der Waals surface area contributed by atoms with Gasteiger partial charge >= 0.3 is 0 Å². The lowest BCUT2D eigenvalue weighted by Gasteiger charge is -2.39. The number of hydrogen-bond acceptors (Lipinski definition) is 5. The molecule has 2 heterocycles. The molecular weight excluding hydrogens is 515 g/mol. The fraction of sp³-hybridized carbons (Fsp3) is 0.480. The number of amides is 1. The lowest BCUT2D eigenvalue weighted by molar-refractivity contribution is 0.0568. The van der Waals surface area contributed by atoms with Crippen molar-refractivity contribution in [3.05, 3.63) is 57.7 Å². The quantitative estimate of drug-likeness (QED) is 0.536. The van der Waals surface area contributed by atoms with Crippen molar-refractivity contribution in [2.45, 2.75) is 25.4 Å². The lowest BCUT2D eigenvalue weighted by Crippen LogP contribution is -2.54. The fourth-order valence-electron chi connectivity index (χ4n) is 4.61. The second-order valence-electron chi connectivity index (χ2n) is 8.47. The van der Waals surface area contributed by atoms with E-state index in [-0.39, 0.29) is 12.1 Å². The monoisotopic (exact) mass is 548 g/mol. The Kier molecular flexibility index (Phi) is 8.26. The molecule has 2 fully saturated rings. The number of anilines is 1. The van der Waals surface area contributed by atoms with Crippen molar-refractivity contribution in [2.24, 2.45) is 0 Å². The van der Waals surface area contributed by atoms with E-state index in [2.05, 4.69) is 54.7 Å². The van der Waals surface area contributed by atoms with E-state index < -0.39 is 0 Å². The molecule has 0 aliphatic carbocycles. The minimum absolute atomic E-state index is 0.130. The highest BCUT2D eigenvalue weighted by molar-refractivity contribution is 14.1. The van der Waals surface area contributed by atoms with Crippen molar-refractivity contribution < 1.29 is 9.53 Å². The van der Waals surface area contributed by atoms with Crippen LogP contribution >= 0.6 is 22.6 Å². The number of methoxy groups -OCH3 is 1. The van der Waals surface area contributed by atoms with E-state index in [4.69, 9.17) is 4.74 Å². The Labute approximate surface area is 205 Å². The minimum atomic E-state index is 0.130. The maximum Gasteiger partial charge on any atom is 0.255 e. The van der Waals surface area contributed by atoms with Crippen molar-refractivity contribution in [3.8, 4) is 5.75 Å². The number of rotatable bonds is 7. The van der Waals surface area contributed by atoms with Crippen LogP contribution < -0.4 is 15.0 Å². The van der Waals surface area contributed by atoms with Crippen LogP contribution in [0.1, 0.15) is 29.6 Å². The highest BCUT2D eigenvalue weighted by Gasteiger charge is 2.27. The van der Waals surface area contributed by atoms with Crippen LogP contribution in [0.5, 0.6) is 5.75 Å². The molecule has 0 bridgehead atoms. The fourth-order valence-corrected chi connectivity index (χ4v) is 4.97. The first-order valence-electron chi connectivity index (χ1n) is 11.6. The zero-order valence-electron chi connectivity index (χ0n) is 18.8. The van der Waals surface area contributed by atoms with Gasteiger partial charge in [0.05, 0.1) is 19.0 Å². The first-order valence-corrected chi connectivity index (χ1v) is 12.6. The summed E-state index contributed by atoms with van der Waals surface area (Å²) in [5, 5.41) is 3.57. The van der Waals surface area contributed by atoms with E-state index in [0.29, 0.717) is 0 Å². The van der Waals surface area contributed by atoms with Gasteiger partial charge in [-0.2, -0.15) is 0 Å². The van der Waals surface area contributed by atoms with Gasteiger partial charge in [0.25, 0.3) is 5.91 Å². The van der Waals surface area contributed by atoms with E-state index in [1.165, 1.54) is 12.8 Å². The summed E-state index contributed by atoms with van der Waals surface area (Å²) in [7, 11) is 1.73. The van der Waals surface area contributed by atoms with Crippen LogP contribution in [0.4, 0.5) is 5.69 Å². The molecule has 2 aliphatic rings. The second-order valence-corrected chi connectivity index (χ2v) is 9.72. The highest BCUT2D eigenvalue weighted by atomic mass is 127. The second kappa shape index (κ2) is 11.3. The molecule has 7 heteroatoms. The van der Waals surface area contributed by atoms with Gasteiger partial charge in [-0.25, -0.2) is 0 Å². The minimum Gasteiger partial charge on any atom is -0.495 e. The van der Waals surface area contributed by atoms with Gasteiger partial charge in [-0.05, 0) is 84.8 Å². The Bertz CT molecular complexity index is 878. The number of carbonyl (C=O) groups excluding carboxylic acids is 1. The number of ether oxygens (including phenoxy) is 1. The maximum absolute atomic E-state index is 13.4. The summed E-state index contributed by atoms with van der Waals surface area (Å²) < 4.78 is 6.69. The number of halogens is 1. The summed E-state index contributed by atoms with van der Waals surface area (Å²) >= 11 is 2.28. The zero-order valence-corrected chi connectivity index (χ0v) is 21.0.